The molecule has 1 amide bonds. The summed E-state index contributed by atoms with van der Waals surface area (Å²) in [6.07, 6.45) is 1.03. The van der Waals surface area contributed by atoms with E-state index in [4.69, 9.17) is 4.74 Å². The van der Waals surface area contributed by atoms with Gasteiger partial charge < -0.3 is 15.0 Å². The Morgan fingerprint density at radius 1 is 1.32 bits per heavy atom. The van der Waals surface area contributed by atoms with E-state index in [1.54, 1.807) is 24.3 Å². The highest BCUT2D eigenvalue weighted by Crippen LogP contribution is 2.19. The van der Waals surface area contributed by atoms with Crippen LogP contribution in [0.1, 0.15) is 30.1 Å². The molecule has 0 aliphatic heterocycles. The molecule has 0 radical (unpaired) electrons. The molecule has 1 aromatic heterocycles. The van der Waals surface area contributed by atoms with E-state index >= 15 is 0 Å². The van der Waals surface area contributed by atoms with E-state index in [0.29, 0.717) is 10.9 Å². The number of amides is 1. The van der Waals surface area contributed by atoms with Crippen molar-refractivity contribution in [3.05, 3.63) is 46.2 Å². The number of hydrogen-bond acceptors (Lipinski definition) is 4. The molecule has 1 fully saturated rings. The second kappa shape index (κ2) is 5.63. The van der Waals surface area contributed by atoms with Crippen molar-refractivity contribution < 1.29 is 14.3 Å². The lowest BCUT2D eigenvalue weighted by molar-refractivity contribution is -0.129. The lowest BCUT2D eigenvalue weighted by Gasteiger charge is -2.13. The molecule has 1 aliphatic rings. The molecule has 2 N–H and O–H groups in total. The van der Waals surface area contributed by atoms with Gasteiger partial charge in [0.1, 0.15) is 0 Å². The number of carbonyl (C=O) groups is 2. The largest absolute Gasteiger partial charge is 0.449 e. The number of hydrogen-bond donors (Lipinski definition) is 2. The van der Waals surface area contributed by atoms with Gasteiger partial charge in [-0.1, -0.05) is 18.2 Å². The monoisotopic (exact) mass is 300 g/mol. The van der Waals surface area contributed by atoms with Crippen molar-refractivity contribution in [2.24, 2.45) is 0 Å². The quantitative estimate of drug-likeness (QED) is 0.834. The first kappa shape index (κ1) is 14.3. The van der Waals surface area contributed by atoms with E-state index in [2.05, 4.69) is 10.3 Å². The van der Waals surface area contributed by atoms with E-state index < -0.39 is 12.1 Å². The van der Waals surface area contributed by atoms with Crippen LogP contribution in [-0.2, 0) is 9.53 Å². The minimum Gasteiger partial charge on any atom is -0.449 e. The van der Waals surface area contributed by atoms with Crippen LogP contribution in [0.3, 0.4) is 0 Å². The molecule has 114 valence electrons. The molecule has 1 saturated carbocycles. The first-order valence-electron chi connectivity index (χ1n) is 7.18. The van der Waals surface area contributed by atoms with Crippen LogP contribution in [-0.4, -0.2) is 29.0 Å². The SMILES string of the molecule is C[C@@H](OC(=O)c1cc(=O)[nH]c2ccccc12)C(=O)NC1CC1. The third kappa shape index (κ3) is 3.00. The smallest absolute Gasteiger partial charge is 0.339 e. The average Bonchev–Trinajstić information content (AvgIpc) is 3.30. The molecule has 6 heteroatoms. The second-order valence-electron chi connectivity index (χ2n) is 5.42. The number of fused-ring (bicyclic) bond motifs is 1. The molecule has 2 aromatic rings. The molecule has 1 aromatic carbocycles. The van der Waals surface area contributed by atoms with Crippen LogP contribution >= 0.6 is 0 Å². The Kier molecular flexibility index (Phi) is 3.66. The number of aromatic amines is 1. The van der Waals surface area contributed by atoms with E-state index in [9.17, 15) is 14.4 Å². The van der Waals surface area contributed by atoms with Crippen LogP contribution in [0.5, 0.6) is 0 Å². The minimum atomic E-state index is -0.897. The molecular formula is C16H16N2O4. The van der Waals surface area contributed by atoms with Crippen molar-refractivity contribution in [2.45, 2.75) is 31.9 Å². The van der Waals surface area contributed by atoms with Crippen molar-refractivity contribution in [1.29, 1.82) is 0 Å². The van der Waals surface area contributed by atoms with Gasteiger partial charge in [-0.2, -0.15) is 0 Å². The molecule has 3 rings (SSSR count). The standard InChI is InChI=1S/C16H16N2O4/c1-9(15(20)17-10-6-7-10)22-16(21)12-8-14(19)18-13-5-3-2-4-11(12)13/h2-5,8-10H,6-7H2,1H3,(H,17,20)(H,18,19)/t9-/m1/s1. The zero-order chi connectivity index (χ0) is 15.7. The highest BCUT2D eigenvalue weighted by atomic mass is 16.5. The van der Waals surface area contributed by atoms with Crippen LogP contribution in [0.15, 0.2) is 35.1 Å². The molecule has 0 unspecified atom stereocenters. The molecule has 0 saturated heterocycles. The Morgan fingerprint density at radius 3 is 2.77 bits per heavy atom. The predicted octanol–water partition coefficient (Wildman–Crippen LogP) is 1.35. The van der Waals surface area contributed by atoms with E-state index in [0.717, 1.165) is 12.8 Å². The van der Waals surface area contributed by atoms with Crippen LogP contribution < -0.4 is 10.9 Å². The molecule has 0 spiro atoms. The zero-order valence-corrected chi connectivity index (χ0v) is 12.1. The van der Waals surface area contributed by atoms with Crippen LogP contribution in [0.25, 0.3) is 10.9 Å². The molecule has 1 heterocycles. The zero-order valence-electron chi connectivity index (χ0n) is 12.1. The number of pyridine rings is 1. The van der Waals surface area contributed by atoms with E-state index in [1.807, 2.05) is 0 Å². The normalized spacial score (nSPS) is 15.3. The minimum absolute atomic E-state index is 0.158. The molecular weight excluding hydrogens is 284 g/mol. The van der Waals surface area contributed by atoms with Crippen LogP contribution in [0.2, 0.25) is 0 Å². The third-order valence-corrected chi connectivity index (χ3v) is 3.55. The summed E-state index contributed by atoms with van der Waals surface area (Å²) in [5.41, 5.74) is 0.322. The summed E-state index contributed by atoms with van der Waals surface area (Å²) >= 11 is 0. The summed E-state index contributed by atoms with van der Waals surface area (Å²) in [5, 5.41) is 3.36. The lowest BCUT2D eigenvalue weighted by atomic mass is 10.1. The Hall–Kier alpha value is -2.63. The van der Waals surface area contributed by atoms with Gasteiger partial charge in [0, 0.05) is 23.0 Å². The van der Waals surface area contributed by atoms with Crippen molar-refractivity contribution in [3.63, 3.8) is 0 Å². The summed E-state index contributed by atoms with van der Waals surface area (Å²) in [7, 11) is 0. The number of carbonyl (C=O) groups excluding carboxylic acids is 2. The lowest BCUT2D eigenvalue weighted by Crippen LogP contribution is -2.37. The van der Waals surface area contributed by atoms with Crippen molar-refractivity contribution in [2.75, 3.05) is 0 Å². The van der Waals surface area contributed by atoms with Crippen LogP contribution in [0.4, 0.5) is 0 Å². The van der Waals surface area contributed by atoms with Gasteiger partial charge in [0.2, 0.25) is 5.56 Å². The van der Waals surface area contributed by atoms with Gasteiger partial charge in [-0.05, 0) is 25.8 Å². The Bertz CT molecular complexity index is 792. The topological polar surface area (TPSA) is 88.3 Å². The van der Waals surface area contributed by atoms with Gasteiger partial charge in [-0.3, -0.25) is 9.59 Å². The third-order valence-electron chi connectivity index (χ3n) is 3.55. The first-order chi connectivity index (χ1) is 10.5. The Labute approximate surface area is 126 Å². The summed E-state index contributed by atoms with van der Waals surface area (Å²) in [5.74, 6) is -0.995. The Balaban J connectivity index is 1.82. The summed E-state index contributed by atoms with van der Waals surface area (Å²) < 4.78 is 5.19. The number of para-hydroxylation sites is 1. The predicted molar refractivity (Wildman–Crippen MR) is 80.6 cm³/mol. The fraction of sp³-hybridized carbons (Fsp3) is 0.312. The van der Waals surface area contributed by atoms with Crippen molar-refractivity contribution in [1.82, 2.24) is 10.3 Å². The first-order valence-corrected chi connectivity index (χ1v) is 7.18. The number of nitrogens with one attached hydrogen (secondary N) is 2. The number of esters is 1. The van der Waals surface area contributed by atoms with Gasteiger partial charge in [0.05, 0.1) is 5.56 Å². The van der Waals surface area contributed by atoms with Gasteiger partial charge in [-0.15, -0.1) is 0 Å². The number of rotatable bonds is 4. The van der Waals surface area contributed by atoms with E-state index in [1.165, 1.54) is 13.0 Å². The summed E-state index contributed by atoms with van der Waals surface area (Å²) in [4.78, 5) is 38.4. The molecule has 0 bridgehead atoms. The van der Waals surface area contributed by atoms with Gasteiger partial charge in [-0.25, -0.2) is 4.79 Å². The second-order valence-corrected chi connectivity index (χ2v) is 5.42. The molecule has 22 heavy (non-hydrogen) atoms. The van der Waals surface area contributed by atoms with Crippen molar-refractivity contribution >= 4 is 22.8 Å². The van der Waals surface area contributed by atoms with Gasteiger partial charge in [0.15, 0.2) is 6.10 Å². The maximum atomic E-state index is 12.3. The van der Waals surface area contributed by atoms with Crippen LogP contribution in [0, 0.1) is 0 Å². The van der Waals surface area contributed by atoms with E-state index in [-0.39, 0.29) is 23.1 Å². The highest BCUT2D eigenvalue weighted by Gasteiger charge is 2.27. The maximum absolute atomic E-state index is 12.3. The fourth-order valence-corrected chi connectivity index (χ4v) is 2.20. The number of benzene rings is 1. The highest BCUT2D eigenvalue weighted by molar-refractivity contribution is 6.03. The molecule has 1 atom stereocenters. The number of aromatic nitrogens is 1. The molecule has 6 nitrogen and oxygen atoms in total. The summed E-state index contributed by atoms with van der Waals surface area (Å²) in [6, 6.07) is 8.35. The van der Waals surface area contributed by atoms with Gasteiger partial charge >= 0.3 is 5.97 Å². The fourth-order valence-electron chi connectivity index (χ4n) is 2.20. The summed E-state index contributed by atoms with van der Waals surface area (Å²) in [6.45, 7) is 1.52. The maximum Gasteiger partial charge on any atom is 0.339 e. The Morgan fingerprint density at radius 2 is 2.05 bits per heavy atom. The number of H-pyrrole nitrogens is 1. The number of ether oxygens (including phenoxy) is 1. The average molecular weight is 300 g/mol. The van der Waals surface area contributed by atoms with Crippen molar-refractivity contribution in [3.8, 4) is 0 Å². The molecule has 1 aliphatic carbocycles. The van der Waals surface area contributed by atoms with Gasteiger partial charge in [0.25, 0.3) is 5.91 Å².